The van der Waals surface area contributed by atoms with Crippen LogP contribution in [0.3, 0.4) is 0 Å². The summed E-state index contributed by atoms with van der Waals surface area (Å²) >= 11 is 0. The van der Waals surface area contributed by atoms with Crippen LogP contribution in [0.25, 0.3) is 5.65 Å². The van der Waals surface area contributed by atoms with Gasteiger partial charge in [0.25, 0.3) is 0 Å². The molecule has 3 aromatic rings. The molecular weight excluding hydrogens is 415 g/mol. The number of aliphatic hydroxyl groups is 1. The number of aliphatic hydroxyl groups excluding tert-OH is 1. The van der Waals surface area contributed by atoms with Gasteiger partial charge in [0, 0.05) is 19.2 Å². The third kappa shape index (κ3) is 3.56. The first-order valence-corrected chi connectivity index (χ1v) is 9.48. The Morgan fingerprint density at radius 1 is 1.19 bits per heavy atom. The number of rotatable bonds is 4. The van der Waals surface area contributed by atoms with Gasteiger partial charge in [-0.3, -0.25) is 4.79 Å². The molecule has 0 spiro atoms. The molecule has 2 aromatic heterocycles. The summed E-state index contributed by atoms with van der Waals surface area (Å²) in [6.45, 7) is -0.421. The van der Waals surface area contributed by atoms with Crippen molar-refractivity contribution in [3.05, 3.63) is 59.0 Å². The first kappa shape index (κ1) is 21.0. The van der Waals surface area contributed by atoms with Crippen molar-refractivity contribution in [2.75, 3.05) is 27.4 Å². The second kappa shape index (κ2) is 7.77. The first-order valence-electron chi connectivity index (χ1n) is 9.48. The number of amides is 1. The van der Waals surface area contributed by atoms with Crippen molar-refractivity contribution in [2.24, 2.45) is 0 Å². The molecule has 1 amide bonds. The van der Waals surface area contributed by atoms with Gasteiger partial charge in [-0.2, -0.15) is 13.2 Å². The van der Waals surface area contributed by atoms with Crippen LogP contribution in [0.1, 0.15) is 28.6 Å². The molecule has 0 radical (unpaired) electrons. The lowest BCUT2D eigenvalue weighted by atomic mass is 9.95. The highest BCUT2D eigenvalue weighted by Gasteiger charge is 2.37. The van der Waals surface area contributed by atoms with Crippen molar-refractivity contribution in [1.29, 1.82) is 0 Å². The lowest BCUT2D eigenvalue weighted by molar-refractivity contribution is -0.137. The molecule has 10 heteroatoms. The first-order chi connectivity index (χ1) is 14.8. The van der Waals surface area contributed by atoms with Gasteiger partial charge in [0.1, 0.15) is 12.3 Å². The molecule has 1 aliphatic rings. The summed E-state index contributed by atoms with van der Waals surface area (Å²) in [7, 11) is 2.98. The average Bonchev–Trinajstić information content (AvgIpc) is 3.14. The third-order valence-corrected chi connectivity index (χ3v) is 5.41. The molecule has 1 atom stereocenters. The molecule has 0 saturated heterocycles. The Labute approximate surface area is 175 Å². The zero-order valence-electron chi connectivity index (χ0n) is 16.8. The fraction of sp³-hybridized carbons (Fsp3) is 0.333. The van der Waals surface area contributed by atoms with Crippen molar-refractivity contribution in [2.45, 2.75) is 18.6 Å². The molecule has 1 aliphatic heterocycles. The number of fused-ring (bicyclic) bond motifs is 3. The topological polar surface area (TPSA) is 76.3 Å². The SMILES string of the molecule is COc1ccc(C2c3c(nc4cc(C(F)(F)F)ccn34)CCN2C(=O)CO)cc1OC. The predicted octanol–water partition coefficient (Wildman–Crippen LogP) is 2.84. The number of aromatic nitrogens is 2. The summed E-state index contributed by atoms with van der Waals surface area (Å²) in [5.74, 6) is 0.444. The Morgan fingerprint density at radius 3 is 2.58 bits per heavy atom. The van der Waals surface area contributed by atoms with Gasteiger partial charge < -0.3 is 23.9 Å². The van der Waals surface area contributed by atoms with E-state index in [4.69, 9.17) is 9.47 Å². The second-order valence-corrected chi connectivity index (χ2v) is 7.10. The van der Waals surface area contributed by atoms with E-state index in [1.165, 1.54) is 25.3 Å². The van der Waals surface area contributed by atoms with Gasteiger partial charge in [-0.15, -0.1) is 0 Å². The predicted molar refractivity (Wildman–Crippen MR) is 104 cm³/mol. The summed E-state index contributed by atoms with van der Waals surface area (Å²) in [5, 5.41) is 9.49. The van der Waals surface area contributed by atoms with Crippen LogP contribution in [0, 0.1) is 0 Å². The van der Waals surface area contributed by atoms with Gasteiger partial charge in [0.15, 0.2) is 11.5 Å². The summed E-state index contributed by atoms with van der Waals surface area (Å²) < 4.78 is 51.7. The van der Waals surface area contributed by atoms with Gasteiger partial charge >= 0.3 is 6.18 Å². The molecule has 0 bridgehead atoms. The standard InChI is InChI=1S/C21H20F3N3O4/c1-30-15-4-3-12(9-16(15)31-2)19-20-14(6-8-27(19)18(29)11-28)25-17-10-13(21(22,23)24)5-7-26(17)20/h3-5,7,9-10,19,28H,6,8,11H2,1-2H3. The molecular formula is C21H20F3N3O4. The fourth-order valence-electron chi connectivity index (χ4n) is 3.99. The van der Waals surface area contributed by atoms with Crippen LogP contribution < -0.4 is 9.47 Å². The van der Waals surface area contributed by atoms with Gasteiger partial charge in [-0.1, -0.05) is 6.07 Å². The fourth-order valence-corrected chi connectivity index (χ4v) is 3.99. The Balaban J connectivity index is 1.92. The van der Waals surface area contributed by atoms with Crippen LogP contribution in [-0.2, 0) is 17.4 Å². The summed E-state index contributed by atoms with van der Waals surface area (Å²) in [6, 6.07) is 6.45. The molecule has 31 heavy (non-hydrogen) atoms. The number of carbonyl (C=O) groups is 1. The third-order valence-electron chi connectivity index (χ3n) is 5.41. The van der Waals surface area contributed by atoms with E-state index in [0.717, 1.165) is 12.1 Å². The highest BCUT2D eigenvalue weighted by atomic mass is 19.4. The number of hydrogen-bond acceptors (Lipinski definition) is 5. The number of alkyl halides is 3. The lowest BCUT2D eigenvalue weighted by Gasteiger charge is -2.35. The summed E-state index contributed by atoms with van der Waals surface area (Å²) in [5.41, 5.74) is 1.17. The number of imidazole rings is 1. The maximum atomic E-state index is 13.2. The van der Waals surface area contributed by atoms with Gasteiger partial charge in [-0.05, 0) is 29.8 Å². The van der Waals surface area contributed by atoms with E-state index in [1.807, 2.05) is 0 Å². The number of methoxy groups -OCH3 is 2. The monoisotopic (exact) mass is 435 g/mol. The Kier molecular flexibility index (Phi) is 5.26. The number of hydrogen-bond donors (Lipinski definition) is 1. The van der Waals surface area contributed by atoms with Crippen molar-refractivity contribution in [3.63, 3.8) is 0 Å². The van der Waals surface area contributed by atoms with Crippen molar-refractivity contribution < 1.29 is 32.5 Å². The number of nitrogens with zero attached hydrogens (tertiary/aromatic N) is 3. The van der Waals surface area contributed by atoms with E-state index >= 15 is 0 Å². The molecule has 0 fully saturated rings. The Morgan fingerprint density at radius 2 is 1.94 bits per heavy atom. The van der Waals surface area contributed by atoms with E-state index in [-0.39, 0.29) is 12.2 Å². The molecule has 4 rings (SSSR count). The van der Waals surface area contributed by atoms with Crippen LogP contribution >= 0.6 is 0 Å². The Hall–Kier alpha value is -3.27. The highest BCUT2D eigenvalue weighted by molar-refractivity contribution is 5.78. The van der Waals surface area contributed by atoms with Crippen LogP contribution in [0.15, 0.2) is 36.5 Å². The van der Waals surface area contributed by atoms with E-state index in [2.05, 4.69) is 4.98 Å². The lowest BCUT2D eigenvalue weighted by Crippen LogP contribution is -2.42. The molecule has 1 unspecified atom stereocenters. The zero-order chi connectivity index (χ0) is 22.3. The minimum atomic E-state index is -4.49. The number of pyridine rings is 1. The molecule has 0 saturated carbocycles. The van der Waals surface area contributed by atoms with E-state index in [1.54, 1.807) is 22.6 Å². The normalized spacial score (nSPS) is 16.3. The number of halogens is 3. The van der Waals surface area contributed by atoms with E-state index in [9.17, 15) is 23.1 Å². The summed E-state index contributed by atoms with van der Waals surface area (Å²) in [6.07, 6.45) is -2.82. The molecule has 1 N–H and O–H groups in total. The van der Waals surface area contributed by atoms with Crippen LogP contribution in [0.4, 0.5) is 13.2 Å². The smallest absolute Gasteiger partial charge is 0.416 e. The Bertz CT molecular complexity index is 1140. The molecule has 7 nitrogen and oxygen atoms in total. The van der Waals surface area contributed by atoms with Crippen LogP contribution in [-0.4, -0.2) is 52.7 Å². The van der Waals surface area contributed by atoms with Gasteiger partial charge in [0.2, 0.25) is 5.91 Å². The average molecular weight is 435 g/mol. The number of benzene rings is 1. The summed E-state index contributed by atoms with van der Waals surface area (Å²) in [4.78, 5) is 18.4. The maximum Gasteiger partial charge on any atom is 0.416 e. The maximum absolute atomic E-state index is 13.2. The quantitative estimate of drug-likeness (QED) is 0.682. The van der Waals surface area contributed by atoms with E-state index < -0.39 is 30.3 Å². The number of carbonyl (C=O) groups excluding carboxylic acids is 1. The number of ether oxygens (including phenoxy) is 2. The zero-order valence-corrected chi connectivity index (χ0v) is 16.8. The molecule has 164 valence electrons. The van der Waals surface area contributed by atoms with Crippen LogP contribution in [0.2, 0.25) is 0 Å². The van der Waals surface area contributed by atoms with Crippen molar-refractivity contribution >= 4 is 11.6 Å². The van der Waals surface area contributed by atoms with Crippen molar-refractivity contribution in [3.8, 4) is 11.5 Å². The minimum absolute atomic E-state index is 0.142. The second-order valence-electron chi connectivity index (χ2n) is 7.10. The minimum Gasteiger partial charge on any atom is -0.493 e. The van der Waals surface area contributed by atoms with Crippen molar-refractivity contribution in [1.82, 2.24) is 14.3 Å². The molecule has 1 aromatic carbocycles. The highest BCUT2D eigenvalue weighted by Crippen LogP contribution is 2.40. The molecule has 0 aliphatic carbocycles. The molecule has 3 heterocycles. The van der Waals surface area contributed by atoms with E-state index in [0.29, 0.717) is 34.9 Å². The van der Waals surface area contributed by atoms with Crippen LogP contribution in [0.5, 0.6) is 11.5 Å². The largest absolute Gasteiger partial charge is 0.493 e. The van der Waals surface area contributed by atoms with Gasteiger partial charge in [-0.25, -0.2) is 4.98 Å². The van der Waals surface area contributed by atoms with Gasteiger partial charge in [0.05, 0.1) is 37.2 Å².